The van der Waals surface area contributed by atoms with Gasteiger partial charge in [-0.3, -0.25) is 14.2 Å². The van der Waals surface area contributed by atoms with Gasteiger partial charge in [0.05, 0.1) is 33.8 Å². The minimum absolute atomic E-state index is 0.0191. The number of hydrogen-bond donors (Lipinski definition) is 1. The number of nitrogens with zero attached hydrogens (tertiary/aromatic N) is 1. The molecule has 0 rings (SSSR count). The van der Waals surface area contributed by atoms with Crippen LogP contribution in [0.2, 0.25) is 0 Å². The molecule has 1 amide bonds. The van der Waals surface area contributed by atoms with Crippen molar-refractivity contribution in [3.8, 4) is 0 Å². The van der Waals surface area contributed by atoms with Crippen LogP contribution in [0.15, 0.2) is 36.5 Å². The maximum atomic E-state index is 13.6. The number of rotatable bonds is 71. The number of ether oxygens (including phenoxy) is 1. The zero-order valence-corrected chi connectivity index (χ0v) is 59.9. The molecule has 0 aliphatic heterocycles. The van der Waals surface area contributed by atoms with Crippen LogP contribution in [0.4, 0.5) is 0 Å². The van der Waals surface area contributed by atoms with E-state index in [0.29, 0.717) is 17.4 Å². The van der Waals surface area contributed by atoms with Gasteiger partial charge in [-0.25, -0.2) is 0 Å². The van der Waals surface area contributed by atoms with E-state index >= 15 is 0 Å². The number of hydrogen-bond acceptors (Lipinski definition) is 7. The number of phosphoric acid groups is 1. The van der Waals surface area contributed by atoms with Gasteiger partial charge < -0.3 is 28.5 Å². The van der Waals surface area contributed by atoms with Crippen LogP contribution in [0.25, 0.3) is 0 Å². The average molecular weight is 1250 g/mol. The summed E-state index contributed by atoms with van der Waals surface area (Å²) in [6.07, 6.45) is 84.2. The molecule has 10 heteroatoms. The molecule has 1 N–H and O–H groups in total. The molecular formula is C77H149N2O7P. The van der Waals surface area contributed by atoms with Gasteiger partial charge in [-0.15, -0.1) is 0 Å². The summed E-state index contributed by atoms with van der Waals surface area (Å²) in [5.74, 6) is -0.518. The van der Waals surface area contributed by atoms with Crippen molar-refractivity contribution in [1.82, 2.24) is 5.32 Å². The van der Waals surface area contributed by atoms with Crippen LogP contribution in [-0.4, -0.2) is 69.4 Å². The topological polar surface area (TPSA) is 114 Å². The van der Waals surface area contributed by atoms with Crippen molar-refractivity contribution in [2.24, 2.45) is 0 Å². The number of nitrogens with one attached hydrogen (secondary N) is 1. The lowest BCUT2D eigenvalue weighted by Gasteiger charge is -2.30. The van der Waals surface area contributed by atoms with E-state index in [9.17, 15) is 19.0 Å². The highest BCUT2D eigenvalue weighted by Gasteiger charge is 2.27. The maximum absolute atomic E-state index is 13.6. The van der Waals surface area contributed by atoms with Crippen LogP contribution >= 0.6 is 7.82 Å². The van der Waals surface area contributed by atoms with Crippen LogP contribution < -0.4 is 10.2 Å². The lowest BCUT2D eigenvalue weighted by Crippen LogP contribution is -2.47. The fourth-order valence-corrected chi connectivity index (χ4v) is 12.4. The highest BCUT2D eigenvalue weighted by molar-refractivity contribution is 7.45. The molecule has 0 fully saturated rings. The highest BCUT2D eigenvalue weighted by Crippen LogP contribution is 2.38. The van der Waals surface area contributed by atoms with E-state index in [1.807, 2.05) is 33.3 Å². The van der Waals surface area contributed by atoms with E-state index in [2.05, 4.69) is 50.4 Å². The molecule has 3 atom stereocenters. The van der Waals surface area contributed by atoms with Gasteiger partial charge in [0.2, 0.25) is 5.91 Å². The zero-order chi connectivity index (χ0) is 63.5. The van der Waals surface area contributed by atoms with E-state index in [4.69, 9.17) is 13.8 Å². The van der Waals surface area contributed by atoms with Crippen LogP contribution in [0, 0.1) is 0 Å². The van der Waals surface area contributed by atoms with E-state index < -0.39 is 20.0 Å². The third-order valence-corrected chi connectivity index (χ3v) is 18.5. The number of unbranched alkanes of at least 4 members (excludes halogenated alkanes) is 51. The molecule has 9 nitrogen and oxygen atoms in total. The largest absolute Gasteiger partial charge is 0.756 e. The van der Waals surface area contributed by atoms with Crippen LogP contribution in [0.5, 0.6) is 0 Å². The Morgan fingerprint density at radius 2 is 0.701 bits per heavy atom. The van der Waals surface area contributed by atoms with E-state index in [0.717, 1.165) is 64.2 Å². The quantitative estimate of drug-likeness (QED) is 0.0212. The predicted octanol–water partition coefficient (Wildman–Crippen LogP) is 23.9. The number of esters is 1. The summed E-state index contributed by atoms with van der Waals surface area (Å²) in [7, 11) is 1.21. The molecule has 3 unspecified atom stereocenters. The van der Waals surface area contributed by atoms with Gasteiger partial charge >= 0.3 is 5.97 Å². The minimum Gasteiger partial charge on any atom is -0.756 e. The molecule has 0 aromatic carbocycles. The first-order valence-corrected chi connectivity index (χ1v) is 39.8. The molecule has 0 spiro atoms. The average Bonchev–Trinajstić information content (AvgIpc) is 3.69. The van der Waals surface area contributed by atoms with E-state index in [1.165, 1.54) is 295 Å². The van der Waals surface area contributed by atoms with Crippen molar-refractivity contribution < 1.29 is 37.3 Å². The van der Waals surface area contributed by atoms with Crippen molar-refractivity contribution in [1.29, 1.82) is 0 Å². The molecule has 0 bridgehead atoms. The number of likely N-dealkylation sites (N-methyl/N-ethyl adjacent to an activating group) is 1. The maximum Gasteiger partial charge on any atom is 0.306 e. The van der Waals surface area contributed by atoms with Gasteiger partial charge in [-0.2, -0.15) is 0 Å². The molecule has 0 saturated carbocycles. The summed E-state index contributed by atoms with van der Waals surface area (Å²) in [6.45, 7) is 6.90. The van der Waals surface area contributed by atoms with Crippen molar-refractivity contribution in [2.45, 2.75) is 405 Å². The van der Waals surface area contributed by atoms with Gasteiger partial charge in [-0.05, 0) is 63.9 Å². The third-order valence-electron chi connectivity index (χ3n) is 17.6. The third kappa shape index (κ3) is 68.4. The Morgan fingerprint density at radius 1 is 0.402 bits per heavy atom. The number of allylic oxidation sites excluding steroid dienone is 5. The van der Waals surface area contributed by atoms with E-state index in [1.54, 1.807) is 0 Å². The molecule has 0 radical (unpaired) electrons. The second-order valence-electron chi connectivity index (χ2n) is 27.5. The second-order valence-corrected chi connectivity index (χ2v) is 28.9. The van der Waals surface area contributed by atoms with E-state index in [-0.39, 0.29) is 31.5 Å². The molecule has 87 heavy (non-hydrogen) atoms. The molecular weight excluding hydrogens is 1100 g/mol. The second kappa shape index (κ2) is 67.1. The number of amides is 1. The Labute approximate surface area is 542 Å². The molecule has 0 aliphatic carbocycles. The van der Waals surface area contributed by atoms with Crippen molar-refractivity contribution in [3.05, 3.63) is 36.5 Å². The molecule has 0 aromatic rings. The Hall–Kier alpha value is -1.77. The zero-order valence-electron chi connectivity index (χ0n) is 59.0. The fraction of sp³-hybridized carbons (Fsp3) is 0.896. The summed E-state index contributed by atoms with van der Waals surface area (Å²) >= 11 is 0. The molecule has 0 heterocycles. The number of carbonyl (C=O) groups is 2. The normalized spacial score (nSPS) is 13.6. The Bertz CT molecular complexity index is 1580. The highest BCUT2D eigenvalue weighted by atomic mass is 31.2. The summed E-state index contributed by atoms with van der Waals surface area (Å²) in [5, 5.41) is 3.06. The molecule has 0 saturated heterocycles. The number of quaternary nitrogens is 1. The predicted molar refractivity (Wildman–Crippen MR) is 376 cm³/mol. The molecule has 0 aliphatic rings. The smallest absolute Gasteiger partial charge is 0.306 e. The minimum atomic E-state index is -4.70. The first kappa shape index (κ1) is 85.2. The van der Waals surface area contributed by atoms with Gasteiger partial charge in [0.15, 0.2) is 0 Å². The molecule has 0 aromatic heterocycles. The van der Waals surface area contributed by atoms with Gasteiger partial charge in [0, 0.05) is 12.8 Å². The number of phosphoric ester groups is 1. The summed E-state index contributed by atoms with van der Waals surface area (Å²) < 4.78 is 30.5. The first-order chi connectivity index (χ1) is 42.4. The van der Waals surface area contributed by atoms with Crippen LogP contribution in [-0.2, 0) is 27.9 Å². The Balaban J connectivity index is 4.99. The SMILES string of the molecule is CCCCC/C=C\C/C=C\CCCCCCCCCCCCCCCC(=O)NC(COP(=O)([O-])OCC[N+](C)(C)C)C(/C=C/CCCCCCCCCCCCC)OC(=O)CCCCCCCCCCCCCCCCCCCCCCCCCCC. The fourth-order valence-electron chi connectivity index (χ4n) is 11.7. The summed E-state index contributed by atoms with van der Waals surface area (Å²) in [5.41, 5.74) is 0. The summed E-state index contributed by atoms with van der Waals surface area (Å²) in [6, 6.07) is -0.886. The van der Waals surface area contributed by atoms with Crippen LogP contribution in [0.1, 0.15) is 393 Å². The Morgan fingerprint density at radius 3 is 1.06 bits per heavy atom. The van der Waals surface area contributed by atoms with Crippen molar-refractivity contribution in [2.75, 3.05) is 40.9 Å². The molecule has 514 valence electrons. The van der Waals surface area contributed by atoms with Gasteiger partial charge in [-0.1, -0.05) is 353 Å². The van der Waals surface area contributed by atoms with Crippen molar-refractivity contribution >= 4 is 19.7 Å². The summed E-state index contributed by atoms with van der Waals surface area (Å²) in [4.78, 5) is 40.3. The number of carbonyl (C=O) groups excluding carboxylic acids is 2. The van der Waals surface area contributed by atoms with Gasteiger partial charge in [0.25, 0.3) is 7.82 Å². The van der Waals surface area contributed by atoms with Crippen LogP contribution in [0.3, 0.4) is 0 Å². The Kier molecular flexibility index (Phi) is 65.8. The first-order valence-electron chi connectivity index (χ1n) is 38.3. The lowest BCUT2D eigenvalue weighted by molar-refractivity contribution is -0.870. The monoisotopic (exact) mass is 1250 g/mol. The lowest BCUT2D eigenvalue weighted by atomic mass is 10.0. The van der Waals surface area contributed by atoms with Crippen molar-refractivity contribution in [3.63, 3.8) is 0 Å². The van der Waals surface area contributed by atoms with Gasteiger partial charge in [0.1, 0.15) is 19.3 Å². The standard InChI is InChI=1S/C77H149N2O7P/c1-7-10-13-16-19-22-25-28-30-32-34-36-38-39-41-43-45-47-49-52-55-58-61-64-67-70-77(81)86-75(68-65-62-59-56-53-50-27-24-21-18-15-12-9-3)74(73-85-87(82,83)84-72-71-79(4,5)6)78-76(80)69-66-63-60-57-54-51-48-46-44-42-40-37-35-33-31-29-26-23-20-17-14-11-8-2/h20,23,29,31,65,68,74-75H,7-19,21-22,24-28,30,32-64,66-67,69-73H2,1-6H3,(H-,78,80,82,83)/b23-20-,31-29-,68-65+.